The van der Waals surface area contributed by atoms with Crippen molar-refractivity contribution in [3.8, 4) is 0 Å². The van der Waals surface area contributed by atoms with Crippen molar-refractivity contribution in [2.45, 2.75) is 26.4 Å². The van der Waals surface area contributed by atoms with Crippen molar-refractivity contribution in [3.05, 3.63) is 52.9 Å². The molecule has 2 aromatic rings. The molecule has 1 aromatic heterocycles. The van der Waals surface area contributed by atoms with Crippen molar-refractivity contribution in [3.63, 3.8) is 0 Å². The van der Waals surface area contributed by atoms with Gasteiger partial charge in [0, 0.05) is 19.6 Å². The number of ether oxygens (including phenoxy) is 1. The van der Waals surface area contributed by atoms with E-state index in [1.807, 2.05) is 13.0 Å². The summed E-state index contributed by atoms with van der Waals surface area (Å²) in [4.78, 5) is 0. The summed E-state index contributed by atoms with van der Waals surface area (Å²) in [7, 11) is 1.72. The van der Waals surface area contributed by atoms with Crippen LogP contribution in [0, 0.1) is 13.8 Å². The first-order valence-corrected chi connectivity index (χ1v) is 5.70. The van der Waals surface area contributed by atoms with E-state index in [2.05, 4.69) is 36.3 Å². The molecule has 90 valence electrons. The van der Waals surface area contributed by atoms with Gasteiger partial charge >= 0.3 is 0 Å². The number of aryl methyl sites for hydroxylation is 2. The molecule has 0 amide bonds. The van der Waals surface area contributed by atoms with Gasteiger partial charge in [-0.05, 0) is 19.4 Å². The van der Waals surface area contributed by atoms with Crippen LogP contribution in [-0.4, -0.2) is 12.3 Å². The molecule has 3 heteroatoms. The van der Waals surface area contributed by atoms with E-state index in [4.69, 9.17) is 9.26 Å². The number of benzene rings is 1. The highest BCUT2D eigenvalue weighted by atomic mass is 16.5. The van der Waals surface area contributed by atoms with Crippen molar-refractivity contribution in [2.75, 3.05) is 7.11 Å². The summed E-state index contributed by atoms with van der Waals surface area (Å²) in [5.41, 5.74) is 3.31. The van der Waals surface area contributed by atoms with Crippen LogP contribution in [0.4, 0.5) is 0 Å². The van der Waals surface area contributed by atoms with Gasteiger partial charge in [-0.3, -0.25) is 0 Å². The summed E-state index contributed by atoms with van der Waals surface area (Å²) in [6.07, 6.45) is 0.725. The summed E-state index contributed by atoms with van der Waals surface area (Å²) >= 11 is 0. The third-order valence-corrected chi connectivity index (χ3v) is 2.80. The Bertz CT molecular complexity index is 473. The van der Waals surface area contributed by atoms with Gasteiger partial charge in [-0.15, -0.1) is 0 Å². The van der Waals surface area contributed by atoms with E-state index in [-0.39, 0.29) is 6.10 Å². The number of methoxy groups -OCH3 is 1. The maximum Gasteiger partial charge on any atom is 0.139 e. The molecule has 0 aliphatic carbocycles. The topological polar surface area (TPSA) is 35.3 Å². The largest absolute Gasteiger partial charge is 0.376 e. The lowest BCUT2D eigenvalue weighted by Gasteiger charge is -2.14. The molecule has 1 unspecified atom stereocenters. The van der Waals surface area contributed by atoms with Gasteiger partial charge in [-0.1, -0.05) is 35.0 Å². The van der Waals surface area contributed by atoms with Gasteiger partial charge in [-0.2, -0.15) is 0 Å². The molecular formula is C14H17NO2. The number of rotatable bonds is 4. The standard InChI is InChI=1S/C14H17NO2/c1-10-4-6-12(7-5-10)14(16-3)9-13-8-11(2)15-17-13/h4-8,14H,9H2,1-3H3. The molecule has 3 nitrogen and oxygen atoms in total. The number of hydrogen-bond donors (Lipinski definition) is 0. The molecule has 0 saturated heterocycles. The van der Waals surface area contributed by atoms with Gasteiger partial charge in [0.2, 0.25) is 0 Å². The number of nitrogens with zero attached hydrogens (tertiary/aromatic N) is 1. The highest BCUT2D eigenvalue weighted by molar-refractivity contribution is 5.24. The zero-order valence-electron chi connectivity index (χ0n) is 10.4. The molecule has 0 N–H and O–H groups in total. The summed E-state index contributed by atoms with van der Waals surface area (Å²) in [5.74, 6) is 0.856. The Balaban J connectivity index is 2.13. The highest BCUT2D eigenvalue weighted by Crippen LogP contribution is 2.22. The zero-order valence-corrected chi connectivity index (χ0v) is 10.4. The van der Waals surface area contributed by atoms with E-state index in [0.29, 0.717) is 6.42 Å². The molecule has 1 atom stereocenters. The Hall–Kier alpha value is -1.61. The lowest BCUT2D eigenvalue weighted by Crippen LogP contribution is -2.04. The molecule has 0 aliphatic rings. The van der Waals surface area contributed by atoms with Gasteiger partial charge in [0.15, 0.2) is 0 Å². The lowest BCUT2D eigenvalue weighted by molar-refractivity contribution is 0.0969. The molecule has 1 aromatic carbocycles. The SMILES string of the molecule is COC(Cc1cc(C)no1)c1ccc(C)cc1. The van der Waals surface area contributed by atoms with E-state index in [0.717, 1.165) is 17.0 Å². The van der Waals surface area contributed by atoms with Gasteiger partial charge in [0.05, 0.1) is 11.8 Å². The molecule has 1 heterocycles. The smallest absolute Gasteiger partial charge is 0.139 e. The first kappa shape index (κ1) is 11.9. The Kier molecular flexibility index (Phi) is 3.59. The second-order valence-corrected chi connectivity index (χ2v) is 4.27. The molecule has 0 spiro atoms. The fourth-order valence-electron chi connectivity index (χ4n) is 1.81. The minimum Gasteiger partial charge on any atom is -0.376 e. The number of aromatic nitrogens is 1. The monoisotopic (exact) mass is 231 g/mol. The van der Waals surface area contributed by atoms with E-state index < -0.39 is 0 Å². The van der Waals surface area contributed by atoms with E-state index >= 15 is 0 Å². The van der Waals surface area contributed by atoms with Crippen LogP contribution in [0.25, 0.3) is 0 Å². The van der Waals surface area contributed by atoms with Crippen LogP contribution < -0.4 is 0 Å². The first-order valence-electron chi connectivity index (χ1n) is 5.70. The third-order valence-electron chi connectivity index (χ3n) is 2.80. The van der Waals surface area contributed by atoms with Crippen molar-refractivity contribution >= 4 is 0 Å². The van der Waals surface area contributed by atoms with Crippen LogP contribution in [0.15, 0.2) is 34.9 Å². The molecule has 0 fully saturated rings. The summed E-state index contributed by atoms with van der Waals surface area (Å²) in [6, 6.07) is 10.3. The molecule has 0 aliphatic heterocycles. The van der Waals surface area contributed by atoms with E-state index in [1.165, 1.54) is 5.56 Å². The molecule has 17 heavy (non-hydrogen) atoms. The molecule has 0 saturated carbocycles. The van der Waals surface area contributed by atoms with Gasteiger partial charge in [0.1, 0.15) is 5.76 Å². The fraction of sp³-hybridized carbons (Fsp3) is 0.357. The van der Waals surface area contributed by atoms with Crippen LogP contribution in [0.3, 0.4) is 0 Å². The van der Waals surface area contributed by atoms with Gasteiger partial charge < -0.3 is 9.26 Å². The number of hydrogen-bond acceptors (Lipinski definition) is 3. The van der Waals surface area contributed by atoms with Crippen molar-refractivity contribution in [2.24, 2.45) is 0 Å². The molecule has 0 bridgehead atoms. The normalized spacial score (nSPS) is 12.6. The zero-order chi connectivity index (χ0) is 12.3. The van der Waals surface area contributed by atoms with Crippen LogP contribution in [-0.2, 0) is 11.2 Å². The average Bonchev–Trinajstić information content (AvgIpc) is 2.73. The van der Waals surface area contributed by atoms with Crippen LogP contribution >= 0.6 is 0 Å². The Morgan fingerprint density at radius 2 is 1.94 bits per heavy atom. The van der Waals surface area contributed by atoms with E-state index in [9.17, 15) is 0 Å². The first-order chi connectivity index (χ1) is 8.19. The second-order valence-electron chi connectivity index (χ2n) is 4.27. The van der Waals surface area contributed by atoms with Crippen molar-refractivity contribution in [1.82, 2.24) is 5.16 Å². The Labute approximate surface area is 101 Å². The van der Waals surface area contributed by atoms with Crippen molar-refractivity contribution in [1.29, 1.82) is 0 Å². The summed E-state index contributed by atoms with van der Waals surface area (Å²) in [6.45, 7) is 3.99. The second kappa shape index (κ2) is 5.15. The Morgan fingerprint density at radius 3 is 2.47 bits per heavy atom. The maximum atomic E-state index is 5.50. The average molecular weight is 231 g/mol. The van der Waals surface area contributed by atoms with Crippen LogP contribution in [0.5, 0.6) is 0 Å². The minimum atomic E-state index is 0.0166. The van der Waals surface area contributed by atoms with Crippen LogP contribution in [0.1, 0.15) is 28.7 Å². The lowest BCUT2D eigenvalue weighted by atomic mass is 10.0. The Morgan fingerprint density at radius 1 is 1.24 bits per heavy atom. The van der Waals surface area contributed by atoms with Gasteiger partial charge in [-0.25, -0.2) is 0 Å². The minimum absolute atomic E-state index is 0.0166. The molecular weight excluding hydrogens is 214 g/mol. The third kappa shape index (κ3) is 2.94. The van der Waals surface area contributed by atoms with Gasteiger partial charge in [0.25, 0.3) is 0 Å². The molecule has 0 radical (unpaired) electrons. The predicted octanol–water partition coefficient (Wildman–Crippen LogP) is 3.22. The quantitative estimate of drug-likeness (QED) is 0.810. The van der Waals surface area contributed by atoms with Crippen LogP contribution in [0.2, 0.25) is 0 Å². The predicted molar refractivity (Wildman–Crippen MR) is 65.9 cm³/mol. The van der Waals surface area contributed by atoms with Crippen molar-refractivity contribution < 1.29 is 9.26 Å². The maximum absolute atomic E-state index is 5.50. The summed E-state index contributed by atoms with van der Waals surface area (Å²) < 4.78 is 10.7. The van der Waals surface area contributed by atoms with E-state index in [1.54, 1.807) is 7.11 Å². The highest BCUT2D eigenvalue weighted by Gasteiger charge is 2.14. The fourth-order valence-corrected chi connectivity index (χ4v) is 1.81. The molecule has 2 rings (SSSR count). The summed E-state index contributed by atoms with van der Waals surface area (Å²) in [5, 5.41) is 3.88.